The minimum atomic E-state index is -0.980. The number of carbonyl (C=O) groups is 1. The lowest BCUT2D eigenvalue weighted by molar-refractivity contribution is 0.0975. The number of nitrogens with zero attached hydrogens (tertiary/aromatic N) is 1. The SMILES string of the molecule is Cc1ccc(C(C#N)C(=O)c2cc(C)ccc2F)cc1. The summed E-state index contributed by atoms with van der Waals surface area (Å²) in [5.41, 5.74) is 2.39. The van der Waals surface area contributed by atoms with E-state index in [2.05, 4.69) is 0 Å². The second kappa shape index (κ2) is 5.66. The number of Topliss-reactive ketones (excluding diaryl/α,β-unsaturated/α-hetero) is 1. The Bertz CT molecular complexity index is 683. The van der Waals surface area contributed by atoms with Crippen LogP contribution >= 0.6 is 0 Å². The highest BCUT2D eigenvalue weighted by molar-refractivity contribution is 6.03. The van der Waals surface area contributed by atoms with Crippen LogP contribution in [0.2, 0.25) is 0 Å². The number of hydrogen-bond acceptors (Lipinski definition) is 2. The third-order valence-corrected chi connectivity index (χ3v) is 3.19. The molecule has 2 nitrogen and oxygen atoms in total. The number of nitriles is 1. The summed E-state index contributed by atoms with van der Waals surface area (Å²) in [6.45, 7) is 3.71. The van der Waals surface area contributed by atoms with Crippen LogP contribution in [-0.4, -0.2) is 5.78 Å². The van der Waals surface area contributed by atoms with Gasteiger partial charge in [-0.3, -0.25) is 4.79 Å². The zero-order chi connectivity index (χ0) is 14.7. The van der Waals surface area contributed by atoms with Crippen molar-refractivity contribution in [2.75, 3.05) is 0 Å². The molecule has 20 heavy (non-hydrogen) atoms. The van der Waals surface area contributed by atoms with Gasteiger partial charge >= 0.3 is 0 Å². The van der Waals surface area contributed by atoms with E-state index >= 15 is 0 Å². The lowest BCUT2D eigenvalue weighted by Crippen LogP contribution is -2.13. The summed E-state index contributed by atoms with van der Waals surface area (Å²) in [7, 11) is 0. The number of ketones is 1. The maximum absolute atomic E-state index is 13.8. The number of aryl methyl sites for hydroxylation is 2. The summed E-state index contributed by atoms with van der Waals surface area (Å²) in [4.78, 5) is 12.4. The maximum atomic E-state index is 13.8. The van der Waals surface area contributed by atoms with Crippen molar-refractivity contribution in [2.24, 2.45) is 0 Å². The minimum Gasteiger partial charge on any atom is -0.292 e. The molecule has 100 valence electrons. The largest absolute Gasteiger partial charge is 0.292 e. The van der Waals surface area contributed by atoms with E-state index in [1.54, 1.807) is 25.1 Å². The van der Waals surface area contributed by atoms with E-state index in [1.165, 1.54) is 12.1 Å². The van der Waals surface area contributed by atoms with Crippen LogP contribution in [0.4, 0.5) is 4.39 Å². The number of rotatable bonds is 3. The number of halogens is 1. The van der Waals surface area contributed by atoms with Gasteiger partial charge in [0.25, 0.3) is 0 Å². The Morgan fingerprint density at radius 2 is 1.70 bits per heavy atom. The first-order chi connectivity index (χ1) is 9.52. The molecule has 0 fully saturated rings. The molecule has 1 unspecified atom stereocenters. The highest BCUT2D eigenvalue weighted by Gasteiger charge is 2.24. The molecule has 0 amide bonds. The van der Waals surface area contributed by atoms with Crippen LogP contribution in [0.15, 0.2) is 42.5 Å². The van der Waals surface area contributed by atoms with E-state index in [0.717, 1.165) is 11.1 Å². The zero-order valence-electron chi connectivity index (χ0n) is 11.4. The number of benzene rings is 2. The second-order valence-corrected chi connectivity index (χ2v) is 4.82. The van der Waals surface area contributed by atoms with Crippen LogP contribution in [0.5, 0.6) is 0 Å². The zero-order valence-corrected chi connectivity index (χ0v) is 11.4. The third kappa shape index (κ3) is 2.75. The van der Waals surface area contributed by atoms with Crippen molar-refractivity contribution in [3.63, 3.8) is 0 Å². The Balaban J connectivity index is 2.42. The van der Waals surface area contributed by atoms with Gasteiger partial charge in [0.15, 0.2) is 5.78 Å². The van der Waals surface area contributed by atoms with Crippen molar-refractivity contribution in [3.8, 4) is 6.07 Å². The van der Waals surface area contributed by atoms with Gasteiger partial charge in [-0.05, 0) is 31.5 Å². The number of carbonyl (C=O) groups excluding carboxylic acids is 1. The van der Waals surface area contributed by atoms with E-state index < -0.39 is 17.5 Å². The van der Waals surface area contributed by atoms with E-state index in [9.17, 15) is 14.4 Å². The van der Waals surface area contributed by atoms with Crippen molar-refractivity contribution in [1.29, 1.82) is 5.26 Å². The quantitative estimate of drug-likeness (QED) is 0.790. The molecule has 0 N–H and O–H groups in total. The van der Waals surface area contributed by atoms with E-state index in [4.69, 9.17) is 0 Å². The molecule has 0 aliphatic rings. The van der Waals surface area contributed by atoms with Gasteiger partial charge in [0, 0.05) is 0 Å². The minimum absolute atomic E-state index is 0.0304. The van der Waals surface area contributed by atoms with Crippen LogP contribution in [0.1, 0.15) is 33.0 Å². The summed E-state index contributed by atoms with van der Waals surface area (Å²) < 4.78 is 13.8. The Morgan fingerprint density at radius 3 is 2.30 bits per heavy atom. The summed E-state index contributed by atoms with van der Waals surface area (Å²) in [5, 5.41) is 9.25. The molecule has 0 aromatic heterocycles. The molecule has 2 aromatic carbocycles. The molecule has 0 radical (unpaired) electrons. The summed E-state index contributed by atoms with van der Waals surface area (Å²) in [6.07, 6.45) is 0. The first kappa shape index (κ1) is 14.0. The fourth-order valence-corrected chi connectivity index (χ4v) is 2.03. The summed E-state index contributed by atoms with van der Waals surface area (Å²) in [6, 6.07) is 13.4. The Morgan fingerprint density at radius 1 is 1.10 bits per heavy atom. The molecule has 2 aromatic rings. The lowest BCUT2D eigenvalue weighted by Gasteiger charge is -2.10. The van der Waals surface area contributed by atoms with E-state index in [0.29, 0.717) is 5.56 Å². The fraction of sp³-hybridized carbons (Fsp3) is 0.176. The van der Waals surface area contributed by atoms with Gasteiger partial charge in [-0.15, -0.1) is 0 Å². The molecule has 1 atom stereocenters. The van der Waals surface area contributed by atoms with Crippen LogP contribution < -0.4 is 0 Å². The molecule has 0 spiro atoms. The normalized spacial score (nSPS) is 11.7. The van der Waals surface area contributed by atoms with Crippen molar-refractivity contribution in [3.05, 3.63) is 70.5 Å². The van der Waals surface area contributed by atoms with Gasteiger partial charge in [-0.2, -0.15) is 5.26 Å². The first-order valence-electron chi connectivity index (χ1n) is 6.29. The molecule has 0 aliphatic carbocycles. The first-order valence-corrected chi connectivity index (χ1v) is 6.29. The Hall–Kier alpha value is -2.47. The predicted molar refractivity (Wildman–Crippen MR) is 75.0 cm³/mol. The van der Waals surface area contributed by atoms with Crippen molar-refractivity contribution >= 4 is 5.78 Å². The number of hydrogen-bond donors (Lipinski definition) is 0. The van der Waals surface area contributed by atoms with Gasteiger partial charge < -0.3 is 0 Å². The van der Waals surface area contributed by atoms with Crippen LogP contribution in [0, 0.1) is 31.0 Å². The van der Waals surface area contributed by atoms with Crippen LogP contribution in [0.25, 0.3) is 0 Å². The molecule has 0 bridgehead atoms. The third-order valence-electron chi connectivity index (χ3n) is 3.19. The van der Waals surface area contributed by atoms with E-state index in [1.807, 2.05) is 25.1 Å². The van der Waals surface area contributed by atoms with Gasteiger partial charge in [0.2, 0.25) is 0 Å². The molecule has 3 heteroatoms. The van der Waals surface area contributed by atoms with Gasteiger partial charge in [0.1, 0.15) is 11.7 Å². The second-order valence-electron chi connectivity index (χ2n) is 4.82. The van der Waals surface area contributed by atoms with Gasteiger partial charge in [-0.1, -0.05) is 41.5 Å². The van der Waals surface area contributed by atoms with Gasteiger partial charge in [-0.25, -0.2) is 4.39 Å². The maximum Gasteiger partial charge on any atom is 0.187 e. The average molecular weight is 267 g/mol. The standard InChI is InChI=1S/C17H14FNO/c1-11-3-6-13(7-4-11)15(10-19)17(20)14-9-12(2)5-8-16(14)18/h3-9,15H,1-2H3. The predicted octanol–water partition coefficient (Wildman–Crippen LogP) is 3.93. The highest BCUT2D eigenvalue weighted by Crippen LogP contribution is 2.23. The molecule has 0 aliphatic heterocycles. The monoisotopic (exact) mass is 267 g/mol. The Kier molecular flexibility index (Phi) is 3.95. The van der Waals surface area contributed by atoms with Crippen LogP contribution in [0.3, 0.4) is 0 Å². The molecular formula is C17H14FNO. The van der Waals surface area contributed by atoms with Crippen molar-refractivity contribution < 1.29 is 9.18 Å². The van der Waals surface area contributed by atoms with E-state index in [-0.39, 0.29) is 5.56 Å². The van der Waals surface area contributed by atoms with Crippen LogP contribution in [-0.2, 0) is 0 Å². The fourth-order valence-electron chi connectivity index (χ4n) is 2.03. The molecule has 0 saturated carbocycles. The molecule has 0 heterocycles. The average Bonchev–Trinajstić information content (AvgIpc) is 2.44. The molecule has 2 rings (SSSR count). The topological polar surface area (TPSA) is 40.9 Å². The molecular weight excluding hydrogens is 253 g/mol. The van der Waals surface area contributed by atoms with Gasteiger partial charge in [0.05, 0.1) is 11.6 Å². The Labute approximate surface area is 117 Å². The lowest BCUT2D eigenvalue weighted by atomic mass is 9.90. The van der Waals surface area contributed by atoms with Crippen molar-refractivity contribution in [2.45, 2.75) is 19.8 Å². The summed E-state index contributed by atoms with van der Waals surface area (Å²) >= 11 is 0. The smallest absolute Gasteiger partial charge is 0.187 e. The summed E-state index contributed by atoms with van der Waals surface area (Å²) in [5.74, 6) is -2.07. The highest BCUT2D eigenvalue weighted by atomic mass is 19.1. The molecule has 0 saturated heterocycles. The van der Waals surface area contributed by atoms with Crippen molar-refractivity contribution in [1.82, 2.24) is 0 Å².